The molecule has 25 heavy (non-hydrogen) atoms. The summed E-state index contributed by atoms with van der Waals surface area (Å²) in [4.78, 5) is 15.1. The molecule has 2 aliphatic rings. The van der Waals surface area contributed by atoms with E-state index in [0.717, 1.165) is 37.1 Å². The van der Waals surface area contributed by atoms with Crippen LogP contribution in [0.15, 0.2) is 42.5 Å². The first kappa shape index (κ1) is 16.5. The molecule has 0 spiro atoms. The summed E-state index contributed by atoms with van der Waals surface area (Å²) in [6, 6.07) is 14.5. The van der Waals surface area contributed by atoms with E-state index in [4.69, 9.17) is 16.3 Å². The van der Waals surface area contributed by atoms with Gasteiger partial charge in [-0.2, -0.15) is 0 Å². The molecule has 3 nitrogen and oxygen atoms in total. The molecule has 1 heterocycles. The Morgan fingerprint density at radius 2 is 2.04 bits per heavy atom. The van der Waals surface area contributed by atoms with Gasteiger partial charge in [0.05, 0.1) is 13.2 Å². The van der Waals surface area contributed by atoms with Crippen molar-refractivity contribution in [3.05, 3.63) is 64.2 Å². The first-order valence-electron chi connectivity index (χ1n) is 8.88. The van der Waals surface area contributed by atoms with Gasteiger partial charge in [-0.15, -0.1) is 0 Å². The number of carbonyl (C=O) groups is 1. The van der Waals surface area contributed by atoms with Gasteiger partial charge in [0.2, 0.25) is 5.91 Å². The molecule has 1 amide bonds. The van der Waals surface area contributed by atoms with E-state index in [9.17, 15) is 4.79 Å². The summed E-state index contributed by atoms with van der Waals surface area (Å²) < 4.78 is 5.20. The number of aryl methyl sites for hydroxylation is 1. The van der Waals surface area contributed by atoms with E-state index in [-0.39, 0.29) is 17.9 Å². The van der Waals surface area contributed by atoms with Crippen LogP contribution in [-0.4, -0.2) is 24.5 Å². The number of benzene rings is 2. The van der Waals surface area contributed by atoms with Crippen LogP contribution in [0.5, 0.6) is 5.75 Å². The molecule has 1 aliphatic heterocycles. The Balaban J connectivity index is 1.49. The lowest BCUT2D eigenvalue weighted by Crippen LogP contribution is -2.31. The van der Waals surface area contributed by atoms with Crippen LogP contribution < -0.4 is 4.74 Å². The molecule has 2 aromatic carbocycles. The van der Waals surface area contributed by atoms with E-state index in [1.54, 1.807) is 7.11 Å². The van der Waals surface area contributed by atoms with Gasteiger partial charge in [0.1, 0.15) is 5.75 Å². The minimum absolute atomic E-state index is 0.0265. The molecule has 0 bridgehead atoms. The molecular weight excluding hydrogens is 334 g/mol. The maximum atomic E-state index is 13.0. The van der Waals surface area contributed by atoms with Crippen molar-refractivity contribution >= 4 is 17.5 Å². The number of hydrogen-bond donors (Lipinski definition) is 0. The molecule has 0 radical (unpaired) electrons. The zero-order valence-electron chi connectivity index (χ0n) is 14.4. The highest BCUT2D eigenvalue weighted by molar-refractivity contribution is 6.31. The average Bonchev–Trinajstić information content (AvgIpc) is 3.20. The standard InChI is InChI=1S/C21H22ClNO2/c1-25-17-8-6-15(19(22)13-17)12-16-10-11-23(21(16)24)20-9-7-14-4-2-3-5-18(14)20/h2-6,8,13,16,20H,7,9-12H2,1H3/t16?,20-/m0/s1. The van der Waals surface area contributed by atoms with Crippen LogP contribution in [0, 0.1) is 5.92 Å². The fourth-order valence-electron chi connectivity index (χ4n) is 4.21. The van der Waals surface area contributed by atoms with Crippen LogP contribution >= 0.6 is 11.6 Å². The lowest BCUT2D eigenvalue weighted by atomic mass is 9.97. The molecule has 1 fully saturated rings. The summed E-state index contributed by atoms with van der Waals surface area (Å²) in [5, 5.41) is 0.678. The minimum Gasteiger partial charge on any atom is -0.497 e. The van der Waals surface area contributed by atoms with E-state index in [2.05, 4.69) is 29.2 Å². The molecule has 130 valence electrons. The third kappa shape index (κ3) is 3.02. The maximum absolute atomic E-state index is 13.0. The lowest BCUT2D eigenvalue weighted by molar-refractivity contribution is -0.133. The zero-order valence-corrected chi connectivity index (χ0v) is 15.1. The smallest absolute Gasteiger partial charge is 0.226 e. The van der Waals surface area contributed by atoms with Gasteiger partial charge in [-0.05, 0) is 54.5 Å². The number of amides is 1. The fourth-order valence-corrected chi connectivity index (χ4v) is 4.45. The van der Waals surface area contributed by atoms with Crippen molar-refractivity contribution in [1.82, 2.24) is 4.90 Å². The maximum Gasteiger partial charge on any atom is 0.226 e. The molecule has 1 aliphatic carbocycles. The Morgan fingerprint density at radius 3 is 2.84 bits per heavy atom. The minimum atomic E-state index is 0.0265. The van der Waals surface area contributed by atoms with Crippen LogP contribution in [0.25, 0.3) is 0 Å². The topological polar surface area (TPSA) is 29.5 Å². The van der Waals surface area contributed by atoms with Crippen molar-refractivity contribution in [2.45, 2.75) is 31.7 Å². The number of likely N-dealkylation sites (tertiary alicyclic amines) is 1. The summed E-state index contributed by atoms with van der Waals surface area (Å²) in [6.07, 6.45) is 3.72. The highest BCUT2D eigenvalue weighted by Crippen LogP contribution is 2.39. The zero-order chi connectivity index (χ0) is 17.4. The summed E-state index contributed by atoms with van der Waals surface area (Å²) in [5.41, 5.74) is 3.75. The summed E-state index contributed by atoms with van der Waals surface area (Å²) in [5.74, 6) is 1.04. The third-order valence-electron chi connectivity index (χ3n) is 5.55. The SMILES string of the molecule is COc1ccc(CC2CCN([C@H]3CCc4ccccc43)C2=O)c(Cl)c1. The normalized spacial score (nSPS) is 22.3. The molecule has 4 rings (SSSR count). The van der Waals surface area contributed by atoms with Crippen LogP contribution in [-0.2, 0) is 17.6 Å². The Labute approximate surface area is 153 Å². The van der Waals surface area contributed by atoms with Crippen molar-refractivity contribution in [2.24, 2.45) is 5.92 Å². The lowest BCUT2D eigenvalue weighted by Gasteiger charge is -2.25. The molecule has 1 unspecified atom stereocenters. The predicted molar refractivity (Wildman–Crippen MR) is 99.0 cm³/mol. The van der Waals surface area contributed by atoms with Gasteiger partial charge in [0.25, 0.3) is 0 Å². The predicted octanol–water partition coefficient (Wildman–Crippen LogP) is 4.43. The van der Waals surface area contributed by atoms with Gasteiger partial charge in [-0.1, -0.05) is 41.9 Å². The highest BCUT2D eigenvalue weighted by Gasteiger charge is 2.38. The van der Waals surface area contributed by atoms with E-state index < -0.39 is 0 Å². The van der Waals surface area contributed by atoms with Gasteiger partial charge < -0.3 is 9.64 Å². The van der Waals surface area contributed by atoms with E-state index in [0.29, 0.717) is 11.4 Å². The van der Waals surface area contributed by atoms with Crippen molar-refractivity contribution in [1.29, 1.82) is 0 Å². The number of rotatable bonds is 4. The van der Waals surface area contributed by atoms with Gasteiger partial charge in [-0.3, -0.25) is 4.79 Å². The van der Waals surface area contributed by atoms with Crippen molar-refractivity contribution in [2.75, 3.05) is 13.7 Å². The molecule has 1 saturated heterocycles. The molecule has 4 heteroatoms. The second-order valence-electron chi connectivity index (χ2n) is 6.93. The highest BCUT2D eigenvalue weighted by atomic mass is 35.5. The number of halogens is 1. The monoisotopic (exact) mass is 355 g/mol. The van der Waals surface area contributed by atoms with Gasteiger partial charge in [0, 0.05) is 17.5 Å². The second kappa shape index (κ2) is 6.72. The van der Waals surface area contributed by atoms with E-state index in [1.807, 2.05) is 18.2 Å². The number of hydrogen-bond acceptors (Lipinski definition) is 2. The van der Waals surface area contributed by atoms with Crippen LogP contribution in [0.1, 0.15) is 35.6 Å². The first-order chi connectivity index (χ1) is 12.2. The van der Waals surface area contributed by atoms with Crippen molar-refractivity contribution in [3.63, 3.8) is 0 Å². The Morgan fingerprint density at radius 1 is 1.20 bits per heavy atom. The third-order valence-corrected chi connectivity index (χ3v) is 5.91. The molecule has 0 saturated carbocycles. The molecular formula is C21H22ClNO2. The van der Waals surface area contributed by atoms with Crippen molar-refractivity contribution in [3.8, 4) is 5.75 Å². The fraction of sp³-hybridized carbons (Fsp3) is 0.381. The first-order valence-corrected chi connectivity index (χ1v) is 9.26. The molecule has 2 atom stereocenters. The number of fused-ring (bicyclic) bond motifs is 1. The summed E-state index contributed by atoms with van der Waals surface area (Å²) >= 11 is 6.36. The Bertz CT molecular complexity index is 804. The molecule has 2 aromatic rings. The summed E-state index contributed by atoms with van der Waals surface area (Å²) in [6.45, 7) is 0.844. The largest absolute Gasteiger partial charge is 0.497 e. The average molecular weight is 356 g/mol. The Hall–Kier alpha value is -2.00. The number of nitrogens with zero attached hydrogens (tertiary/aromatic N) is 1. The quantitative estimate of drug-likeness (QED) is 0.812. The number of methoxy groups -OCH3 is 1. The Kier molecular flexibility index (Phi) is 4.43. The second-order valence-corrected chi connectivity index (χ2v) is 7.34. The number of carbonyl (C=O) groups excluding carboxylic acids is 1. The van der Waals surface area contributed by atoms with E-state index >= 15 is 0 Å². The van der Waals surface area contributed by atoms with Gasteiger partial charge in [0.15, 0.2) is 0 Å². The van der Waals surface area contributed by atoms with Crippen molar-refractivity contribution < 1.29 is 9.53 Å². The van der Waals surface area contributed by atoms with Gasteiger partial charge in [-0.25, -0.2) is 0 Å². The summed E-state index contributed by atoms with van der Waals surface area (Å²) in [7, 11) is 1.63. The number of ether oxygens (including phenoxy) is 1. The van der Waals surface area contributed by atoms with Gasteiger partial charge >= 0.3 is 0 Å². The molecule has 0 aromatic heterocycles. The van der Waals surface area contributed by atoms with Crippen LogP contribution in [0.3, 0.4) is 0 Å². The van der Waals surface area contributed by atoms with E-state index in [1.165, 1.54) is 11.1 Å². The molecule has 0 N–H and O–H groups in total. The van der Waals surface area contributed by atoms with Crippen LogP contribution in [0.2, 0.25) is 5.02 Å². The van der Waals surface area contributed by atoms with Crippen LogP contribution in [0.4, 0.5) is 0 Å².